The topological polar surface area (TPSA) is 42.0 Å². The first-order valence-electron chi connectivity index (χ1n) is 5.60. The average molecular weight is 372 g/mol. The number of rotatable bonds is 4. The molecule has 0 aliphatic heterocycles. The van der Waals surface area contributed by atoms with Crippen LogP contribution in [0.4, 0.5) is 0 Å². The molecule has 1 aromatic carbocycles. The molecule has 0 spiro atoms. The Morgan fingerprint density at radius 1 is 1.44 bits per heavy atom. The van der Waals surface area contributed by atoms with Crippen molar-refractivity contribution in [3.8, 4) is 0 Å². The van der Waals surface area contributed by atoms with E-state index in [1.54, 1.807) is 11.3 Å². The highest BCUT2D eigenvalue weighted by Gasteiger charge is 2.08. The number of aromatic nitrogens is 1. The first-order chi connectivity index (χ1) is 8.66. The van der Waals surface area contributed by atoms with E-state index in [1.165, 1.54) is 0 Å². The van der Waals surface area contributed by atoms with Crippen molar-refractivity contribution < 1.29 is 4.79 Å². The zero-order valence-corrected chi connectivity index (χ0v) is 12.9. The third-order valence-electron chi connectivity index (χ3n) is 2.45. The van der Waals surface area contributed by atoms with E-state index in [4.69, 9.17) is 0 Å². The van der Waals surface area contributed by atoms with Gasteiger partial charge >= 0.3 is 0 Å². The number of benzene rings is 1. The molecule has 0 unspecified atom stereocenters. The van der Waals surface area contributed by atoms with Crippen molar-refractivity contribution in [2.24, 2.45) is 0 Å². The molecule has 0 saturated carbocycles. The van der Waals surface area contributed by atoms with Crippen molar-refractivity contribution >= 4 is 39.8 Å². The Kier molecular flexibility index (Phi) is 4.71. The zero-order chi connectivity index (χ0) is 13.0. The molecule has 2 rings (SSSR count). The molecule has 0 radical (unpaired) electrons. The lowest BCUT2D eigenvalue weighted by Gasteiger charge is -2.05. The molecule has 1 amide bonds. The van der Waals surface area contributed by atoms with Gasteiger partial charge in [0, 0.05) is 21.9 Å². The Morgan fingerprint density at radius 2 is 2.22 bits per heavy atom. The highest BCUT2D eigenvalue weighted by molar-refractivity contribution is 14.1. The van der Waals surface area contributed by atoms with Crippen molar-refractivity contribution in [1.29, 1.82) is 0 Å². The number of aryl methyl sites for hydroxylation is 1. The van der Waals surface area contributed by atoms with Crippen molar-refractivity contribution in [3.63, 3.8) is 0 Å². The maximum absolute atomic E-state index is 11.9. The summed E-state index contributed by atoms with van der Waals surface area (Å²) in [5.41, 5.74) is 1.77. The fraction of sp³-hybridized carbons (Fsp3) is 0.231. The summed E-state index contributed by atoms with van der Waals surface area (Å²) in [6.07, 6.45) is 0.777. The van der Waals surface area contributed by atoms with Gasteiger partial charge in [0.1, 0.15) is 0 Å². The summed E-state index contributed by atoms with van der Waals surface area (Å²) >= 11 is 3.81. The molecule has 0 aliphatic carbocycles. The van der Waals surface area contributed by atoms with Gasteiger partial charge in [-0.05, 0) is 41.6 Å². The summed E-state index contributed by atoms with van der Waals surface area (Å²) in [6.45, 7) is 2.60. The number of hydrogen-bond donors (Lipinski definition) is 1. The number of carbonyl (C=O) groups excluding carboxylic acids is 1. The van der Waals surface area contributed by atoms with Crippen molar-refractivity contribution in [2.75, 3.05) is 6.54 Å². The van der Waals surface area contributed by atoms with Gasteiger partial charge in [-0.3, -0.25) is 4.79 Å². The molecule has 2 aromatic rings. The van der Waals surface area contributed by atoms with Gasteiger partial charge in [-0.15, -0.1) is 11.3 Å². The normalized spacial score (nSPS) is 10.3. The maximum Gasteiger partial charge on any atom is 0.252 e. The summed E-state index contributed by atoms with van der Waals surface area (Å²) in [7, 11) is 0. The molecule has 0 atom stereocenters. The Hall–Kier alpha value is -0.950. The smallest absolute Gasteiger partial charge is 0.252 e. The van der Waals surface area contributed by atoms with Crippen LogP contribution in [-0.4, -0.2) is 17.4 Å². The first-order valence-corrected chi connectivity index (χ1v) is 7.56. The van der Waals surface area contributed by atoms with Crippen molar-refractivity contribution in [2.45, 2.75) is 13.3 Å². The van der Waals surface area contributed by atoms with Gasteiger partial charge in [-0.2, -0.15) is 0 Å². The van der Waals surface area contributed by atoms with E-state index in [0.717, 1.165) is 26.3 Å². The summed E-state index contributed by atoms with van der Waals surface area (Å²) in [5.74, 6) is -0.0213. The predicted molar refractivity (Wildman–Crippen MR) is 82.0 cm³/mol. The van der Waals surface area contributed by atoms with Gasteiger partial charge in [0.2, 0.25) is 0 Å². The molecule has 0 saturated heterocycles. The minimum atomic E-state index is -0.0213. The molecule has 0 bridgehead atoms. The van der Waals surface area contributed by atoms with E-state index in [-0.39, 0.29) is 5.91 Å². The second kappa shape index (κ2) is 6.29. The van der Waals surface area contributed by atoms with Crippen LogP contribution in [0.5, 0.6) is 0 Å². The molecule has 3 nitrogen and oxygen atoms in total. The van der Waals surface area contributed by atoms with Crippen LogP contribution in [0.25, 0.3) is 0 Å². The zero-order valence-electron chi connectivity index (χ0n) is 9.94. The van der Waals surface area contributed by atoms with E-state index in [1.807, 2.05) is 36.6 Å². The Balaban J connectivity index is 1.87. The highest BCUT2D eigenvalue weighted by atomic mass is 127. The van der Waals surface area contributed by atoms with E-state index in [0.29, 0.717) is 6.54 Å². The van der Waals surface area contributed by atoms with Crippen LogP contribution < -0.4 is 5.32 Å². The van der Waals surface area contributed by atoms with Crippen LogP contribution >= 0.6 is 33.9 Å². The van der Waals surface area contributed by atoms with Crippen molar-refractivity contribution in [1.82, 2.24) is 10.3 Å². The number of thiazole rings is 1. The predicted octanol–water partition coefficient (Wildman–Crippen LogP) is 3.03. The fourth-order valence-corrected chi connectivity index (χ4v) is 2.85. The molecule has 94 valence electrons. The second-order valence-electron chi connectivity index (χ2n) is 3.84. The van der Waals surface area contributed by atoms with Crippen LogP contribution in [0.15, 0.2) is 29.6 Å². The minimum Gasteiger partial charge on any atom is -0.352 e. The number of halogens is 1. The average Bonchev–Trinajstić information content (AvgIpc) is 2.75. The Bertz CT molecular complexity index is 553. The lowest BCUT2D eigenvalue weighted by molar-refractivity contribution is 0.0953. The number of nitrogens with zero attached hydrogens (tertiary/aromatic N) is 1. The summed E-state index contributed by atoms with van der Waals surface area (Å²) in [5, 5.41) is 6.02. The fourth-order valence-electron chi connectivity index (χ4n) is 1.57. The Labute approximate surface area is 124 Å². The van der Waals surface area contributed by atoms with Crippen LogP contribution in [-0.2, 0) is 6.42 Å². The standard InChI is InChI=1S/C13H13IN2OS/c1-9-16-10(8-18-9)6-7-15-13(17)11-4-2-3-5-12(11)14/h2-5,8H,6-7H2,1H3,(H,15,17). The molecule has 1 N–H and O–H groups in total. The third kappa shape index (κ3) is 3.52. The molecule has 0 aliphatic rings. The van der Waals surface area contributed by atoms with Crippen molar-refractivity contribution in [3.05, 3.63) is 49.5 Å². The van der Waals surface area contributed by atoms with E-state index >= 15 is 0 Å². The summed E-state index contributed by atoms with van der Waals surface area (Å²) < 4.78 is 0.970. The molecule has 1 aromatic heterocycles. The number of hydrogen-bond acceptors (Lipinski definition) is 3. The van der Waals surface area contributed by atoms with Gasteiger partial charge in [-0.25, -0.2) is 4.98 Å². The van der Waals surface area contributed by atoms with Crippen LogP contribution in [0.2, 0.25) is 0 Å². The second-order valence-corrected chi connectivity index (χ2v) is 6.07. The third-order valence-corrected chi connectivity index (χ3v) is 4.21. The molecular formula is C13H13IN2OS. The first kappa shape index (κ1) is 13.5. The van der Waals surface area contributed by atoms with Crippen LogP contribution in [0.1, 0.15) is 21.1 Å². The SMILES string of the molecule is Cc1nc(CCNC(=O)c2ccccc2I)cs1. The molecule has 5 heteroatoms. The Morgan fingerprint density at radius 3 is 2.89 bits per heavy atom. The molecule has 0 fully saturated rings. The number of carbonyl (C=O) groups is 1. The van der Waals surface area contributed by atoms with E-state index < -0.39 is 0 Å². The van der Waals surface area contributed by atoms with Gasteiger partial charge in [0.15, 0.2) is 0 Å². The quantitative estimate of drug-likeness (QED) is 0.839. The van der Waals surface area contributed by atoms with Crippen LogP contribution in [0.3, 0.4) is 0 Å². The molecule has 1 heterocycles. The maximum atomic E-state index is 11.9. The largest absolute Gasteiger partial charge is 0.352 e. The number of nitrogens with one attached hydrogen (secondary N) is 1. The minimum absolute atomic E-state index is 0.0213. The van der Waals surface area contributed by atoms with E-state index in [2.05, 4.69) is 32.9 Å². The summed E-state index contributed by atoms with van der Waals surface area (Å²) in [4.78, 5) is 16.3. The molecule has 18 heavy (non-hydrogen) atoms. The van der Waals surface area contributed by atoms with Gasteiger partial charge in [0.05, 0.1) is 16.3 Å². The van der Waals surface area contributed by atoms with E-state index in [9.17, 15) is 4.79 Å². The number of amides is 1. The van der Waals surface area contributed by atoms with Gasteiger partial charge in [-0.1, -0.05) is 12.1 Å². The lowest BCUT2D eigenvalue weighted by Crippen LogP contribution is -2.26. The summed E-state index contributed by atoms with van der Waals surface area (Å²) in [6, 6.07) is 7.57. The van der Waals surface area contributed by atoms with Gasteiger partial charge < -0.3 is 5.32 Å². The van der Waals surface area contributed by atoms with Gasteiger partial charge in [0.25, 0.3) is 5.91 Å². The monoisotopic (exact) mass is 372 g/mol. The highest BCUT2D eigenvalue weighted by Crippen LogP contribution is 2.11. The lowest BCUT2D eigenvalue weighted by atomic mass is 10.2. The molecular weight excluding hydrogens is 359 g/mol. The van der Waals surface area contributed by atoms with Crippen LogP contribution in [0, 0.1) is 10.5 Å².